The highest BCUT2D eigenvalue weighted by Gasteiger charge is 2.55. The van der Waals surface area contributed by atoms with Crippen LogP contribution in [0.3, 0.4) is 0 Å². The second kappa shape index (κ2) is 6.10. The summed E-state index contributed by atoms with van der Waals surface area (Å²) >= 11 is 0. The molecule has 2 heteroatoms. The highest BCUT2D eigenvalue weighted by atomic mass is 16.5. The maximum atomic E-state index is 9.86. The van der Waals surface area contributed by atoms with Crippen LogP contribution in [0.1, 0.15) is 63.5 Å². The normalized spacial score (nSPS) is 18.6. The molecule has 114 valence electrons. The number of methoxy groups -OCH3 is 1. The van der Waals surface area contributed by atoms with Crippen LogP contribution in [-0.4, -0.2) is 7.11 Å². The van der Waals surface area contributed by atoms with Gasteiger partial charge in [0.1, 0.15) is 5.75 Å². The Kier molecular flexibility index (Phi) is 4.61. The molecule has 0 spiro atoms. The molecule has 0 bridgehead atoms. The highest BCUT2D eigenvalue weighted by molar-refractivity contribution is 5.48. The molecule has 0 aliphatic heterocycles. The Bertz CT molecular complexity index is 527. The topological polar surface area (TPSA) is 33.0 Å². The van der Waals surface area contributed by atoms with Gasteiger partial charge in [0, 0.05) is 5.56 Å². The van der Waals surface area contributed by atoms with E-state index in [1.54, 1.807) is 7.11 Å². The molecule has 0 atom stereocenters. The first-order chi connectivity index (χ1) is 10.0. The fourth-order valence-corrected chi connectivity index (χ4v) is 4.29. The maximum Gasteiger partial charge on any atom is 0.123 e. The van der Waals surface area contributed by atoms with Crippen molar-refractivity contribution in [2.24, 2.45) is 5.41 Å². The van der Waals surface area contributed by atoms with E-state index < -0.39 is 0 Å². The van der Waals surface area contributed by atoms with E-state index in [9.17, 15) is 5.26 Å². The first kappa shape index (κ1) is 15.9. The van der Waals surface area contributed by atoms with Crippen LogP contribution in [0.2, 0.25) is 0 Å². The molecular weight excluding hydrogens is 258 g/mol. The van der Waals surface area contributed by atoms with Gasteiger partial charge in [0.2, 0.25) is 0 Å². The Labute approximate surface area is 129 Å². The summed E-state index contributed by atoms with van der Waals surface area (Å²) in [5, 5.41) is 9.86. The van der Waals surface area contributed by atoms with Crippen molar-refractivity contribution in [2.45, 2.75) is 64.7 Å². The molecule has 0 saturated heterocycles. The van der Waals surface area contributed by atoms with E-state index in [0.717, 1.165) is 24.2 Å². The maximum absolute atomic E-state index is 9.86. The molecule has 1 aliphatic carbocycles. The second-order valence-electron chi connectivity index (χ2n) is 6.75. The van der Waals surface area contributed by atoms with Gasteiger partial charge in [-0.25, -0.2) is 0 Å². The molecule has 0 aromatic heterocycles. The summed E-state index contributed by atoms with van der Waals surface area (Å²) in [6, 6.07) is 8.82. The van der Waals surface area contributed by atoms with Crippen molar-refractivity contribution < 1.29 is 4.74 Å². The third kappa shape index (κ3) is 2.79. The van der Waals surface area contributed by atoms with Gasteiger partial charge in [-0.2, -0.15) is 5.26 Å². The summed E-state index contributed by atoms with van der Waals surface area (Å²) in [4.78, 5) is 0. The molecule has 21 heavy (non-hydrogen) atoms. The first-order valence-corrected chi connectivity index (χ1v) is 8.11. The molecule has 0 unspecified atom stereocenters. The largest absolute Gasteiger partial charge is 0.496 e. The van der Waals surface area contributed by atoms with Crippen LogP contribution < -0.4 is 4.74 Å². The number of hydrogen-bond acceptors (Lipinski definition) is 2. The minimum absolute atomic E-state index is 0.346. The van der Waals surface area contributed by atoms with Crippen molar-refractivity contribution in [3.05, 3.63) is 29.3 Å². The highest BCUT2D eigenvalue weighted by Crippen LogP contribution is 2.61. The zero-order valence-corrected chi connectivity index (χ0v) is 13.8. The SMILES string of the molecule is CCCC1(CCC)CC(C#N)(c2cc(C)ccc2OC)C1. The average Bonchev–Trinajstić information content (AvgIpc) is 2.44. The van der Waals surface area contributed by atoms with Crippen molar-refractivity contribution in [3.8, 4) is 11.8 Å². The Balaban J connectivity index is 2.34. The standard InChI is InChI=1S/C19H27NO/c1-5-9-18(10-6-2)12-19(13-18,14-20)16-11-15(3)7-8-17(16)21-4/h7-8,11H,5-6,9-10,12-13H2,1-4H3. The lowest BCUT2D eigenvalue weighted by Crippen LogP contribution is -2.49. The quantitative estimate of drug-likeness (QED) is 0.724. The number of hydrogen-bond donors (Lipinski definition) is 0. The van der Waals surface area contributed by atoms with Crippen molar-refractivity contribution in [1.82, 2.24) is 0 Å². The zero-order valence-electron chi connectivity index (χ0n) is 13.8. The van der Waals surface area contributed by atoms with Crippen LogP contribution in [0, 0.1) is 23.7 Å². The van der Waals surface area contributed by atoms with Gasteiger partial charge in [-0.3, -0.25) is 0 Å². The van der Waals surface area contributed by atoms with Crippen molar-refractivity contribution >= 4 is 0 Å². The third-order valence-corrected chi connectivity index (χ3v) is 5.00. The molecule has 1 fully saturated rings. The summed E-state index contributed by atoms with van der Waals surface area (Å²) in [7, 11) is 1.70. The van der Waals surface area contributed by atoms with Gasteiger partial charge in [0.25, 0.3) is 0 Å². The van der Waals surface area contributed by atoms with Crippen LogP contribution >= 0.6 is 0 Å². The van der Waals surface area contributed by atoms with E-state index in [0.29, 0.717) is 5.41 Å². The predicted molar refractivity (Wildman–Crippen MR) is 86.5 cm³/mol. The number of ether oxygens (including phenoxy) is 1. The van der Waals surface area contributed by atoms with Gasteiger partial charge >= 0.3 is 0 Å². The van der Waals surface area contributed by atoms with Crippen LogP contribution in [-0.2, 0) is 5.41 Å². The summed E-state index contributed by atoms with van der Waals surface area (Å²) < 4.78 is 5.52. The number of nitrogens with zero attached hydrogens (tertiary/aromatic N) is 1. The van der Waals surface area contributed by atoms with Crippen LogP contribution in [0.4, 0.5) is 0 Å². The van der Waals surface area contributed by atoms with E-state index in [4.69, 9.17) is 4.74 Å². The third-order valence-electron chi connectivity index (χ3n) is 5.00. The molecule has 2 rings (SSSR count). The summed E-state index contributed by atoms with van der Waals surface area (Å²) in [6.07, 6.45) is 6.84. The average molecular weight is 285 g/mol. The number of nitriles is 1. The van der Waals surface area contributed by atoms with E-state index in [1.165, 1.54) is 31.2 Å². The Morgan fingerprint density at radius 1 is 1.19 bits per heavy atom. The van der Waals surface area contributed by atoms with Gasteiger partial charge in [-0.05, 0) is 44.1 Å². The Morgan fingerprint density at radius 2 is 1.81 bits per heavy atom. The minimum Gasteiger partial charge on any atom is -0.496 e. The summed E-state index contributed by atoms with van der Waals surface area (Å²) in [5.74, 6) is 0.865. The first-order valence-electron chi connectivity index (χ1n) is 8.11. The number of benzene rings is 1. The molecule has 2 nitrogen and oxygen atoms in total. The minimum atomic E-state index is -0.346. The van der Waals surface area contributed by atoms with E-state index >= 15 is 0 Å². The molecule has 1 aromatic rings. The van der Waals surface area contributed by atoms with Gasteiger partial charge in [-0.15, -0.1) is 0 Å². The molecule has 1 aliphatic rings. The van der Waals surface area contributed by atoms with Gasteiger partial charge in [-0.1, -0.05) is 44.4 Å². The van der Waals surface area contributed by atoms with Gasteiger partial charge in [0.05, 0.1) is 18.6 Å². The van der Waals surface area contributed by atoms with E-state index in [1.807, 2.05) is 6.07 Å². The predicted octanol–water partition coefficient (Wildman–Crippen LogP) is 5.15. The van der Waals surface area contributed by atoms with Crippen LogP contribution in [0.15, 0.2) is 18.2 Å². The Hall–Kier alpha value is -1.49. The molecule has 0 N–H and O–H groups in total. The van der Waals surface area contributed by atoms with E-state index in [2.05, 4.69) is 39.0 Å². The molecule has 0 amide bonds. The lowest BCUT2D eigenvalue weighted by atomic mass is 9.48. The molecule has 1 aromatic carbocycles. The summed E-state index contributed by atoms with van der Waals surface area (Å²) in [5.41, 5.74) is 2.31. The fourth-order valence-electron chi connectivity index (χ4n) is 4.29. The second-order valence-corrected chi connectivity index (χ2v) is 6.75. The van der Waals surface area contributed by atoms with Crippen LogP contribution in [0.5, 0.6) is 5.75 Å². The number of aryl methyl sites for hydroxylation is 1. The lowest BCUT2D eigenvalue weighted by molar-refractivity contribution is 0.0345. The van der Waals surface area contributed by atoms with Gasteiger partial charge < -0.3 is 4.74 Å². The van der Waals surface area contributed by atoms with Crippen molar-refractivity contribution in [3.63, 3.8) is 0 Å². The molecule has 0 heterocycles. The Morgan fingerprint density at radius 3 is 2.29 bits per heavy atom. The van der Waals surface area contributed by atoms with Crippen molar-refractivity contribution in [1.29, 1.82) is 5.26 Å². The number of rotatable bonds is 6. The monoisotopic (exact) mass is 285 g/mol. The van der Waals surface area contributed by atoms with E-state index in [-0.39, 0.29) is 5.41 Å². The molecule has 1 saturated carbocycles. The van der Waals surface area contributed by atoms with Gasteiger partial charge in [0.15, 0.2) is 0 Å². The fraction of sp³-hybridized carbons (Fsp3) is 0.632. The van der Waals surface area contributed by atoms with Crippen LogP contribution in [0.25, 0.3) is 0 Å². The lowest BCUT2D eigenvalue weighted by Gasteiger charge is -2.54. The van der Waals surface area contributed by atoms with Crippen molar-refractivity contribution in [2.75, 3.05) is 7.11 Å². The smallest absolute Gasteiger partial charge is 0.123 e. The molecule has 0 radical (unpaired) electrons. The molecular formula is C19H27NO. The summed E-state index contributed by atoms with van der Waals surface area (Å²) in [6.45, 7) is 6.58. The zero-order chi connectivity index (χ0) is 15.5.